The van der Waals surface area contributed by atoms with Gasteiger partial charge in [-0.25, -0.2) is 9.50 Å². The molecule has 0 spiro atoms. The Hall–Kier alpha value is -1.58. The molecule has 0 saturated heterocycles. The van der Waals surface area contributed by atoms with Gasteiger partial charge in [0.2, 0.25) is 0 Å². The maximum Gasteiger partial charge on any atom is 0.178 e. The topological polar surface area (TPSA) is 56.2 Å². The highest BCUT2D eigenvalue weighted by atomic mass is 15.3. The zero-order chi connectivity index (χ0) is 8.72. The molecule has 0 aliphatic rings. The van der Waals surface area contributed by atoms with Gasteiger partial charge < -0.3 is 5.73 Å². The Kier molecular flexibility index (Phi) is 1.30. The lowest BCUT2D eigenvalue weighted by Crippen LogP contribution is -1.92. The standard InChI is InChI=1S/C8H10N4/c1-5-3-4-12-8(10-5)7(9)6(2)11-12/h3-4H,9H2,1-2H3. The Bertz CT molecular complexity index is 430. The molecule has 0 aromatic carbocycles. The molecule has 2 aromatic heterocycles. The van der Waals surface area contributed by atoms with E-state index in [9.17, 15) is 0 Å². The molecule has 0 amide bonds. The lowest BCUT2D eigenvalue weighted by atomic mass is 10.4. The summed E-state index contributed by atoms with van der Waals surface area (Å²) in [6.07, 6.45) is 1.86. The van der Waals surface area contributed by atoms with Gasteiger partial charge in [0.15, 0.2) is 5.65 Å². The molecule has 0 bridgehead atoms. The largest absolute Gasteiger partial charge is 0.394 e. The summed E-state index contributed by atoms with van der Waals surface area (Å²) in [6.45, 7) is 3.81. The minimum absolute atomic E-state index is 0.665. The average molecular weight is 162 g/mol. The molecule has 2 rings (SSSR count). The molecule has 0 aliphatic carbocycles. The van der Waals surface area contributed by atoms with Crippen molar-refractivity contribution < 1.29 is 0 Å². The third-order valence-corrected chi connectivity index (χ3v) is 1.84. The van der Waals surface area contributed by atoms with Crippen LogP contribution in [0.2, 0.25) is 0 Å². The number of hydrogen-bond acceptors (Lipinski definition) is 3. The third-order valence-electron chi connectivity index (χ3n) is 1.84. The average Bonchev–Trinajstić information content (AvgIpc) is 2.31. The first-order valence-corrected chi connectivity index (χ1v) is 3.76. The molecule has 4 nitrogen and oxygen atoms in total. The van der Waals surface area contributed by atoms with Gasteiger partial charge in [-0.05, 0) is 19.9 Å². The first-order valence-electron chi connectivity index (χ1n) is 3.76. The maximum absolute atomic E-state index is 5.76. The van der Waals surface area contributed by atoms with Crippen molar-refractivity contribution in [2.45, 2.75) is 13.8 Å². The van der Waals surface area contributed by atoms with Gasteiger partial charge in [-0.1, -0.05) is 0 Å². The Morgan fingerprint density at radius 3 is 2.92 bits per heavy atom. The summed E-state index contributed by atoms with van der Waals surface area (Å²) in [7, 11) is 0. The van der Waals surface area contributed by atoms with Crippen LogP contribution >= 0.6 is 0 Å². The number of nitrogens with two attached hydrogens (primary N) is 1. The fourth-order valence-electron chi connectivity index (χ4n) is 1.15. The van der Waals surface area contributed by atoms with Gasteiger partial charge >= 0.3 is 0 Å². The molecule has 4 heteroatoms. The van der Waals surface area contributed by atoms with E-state index in [2.05, 4.69) is 10.1 Å². The van der Waals surface area contributed by atoms with Crippen LogP contribution in [0.15, 0.2) is 12.3 Å². The maximum atomic E-state index is 5.76. The molecule has 62 valence electrons. The number of hydrogen-bond donors (Lipinski definition) is 1. The second-order valence-corrected chi connectivity index (χ2v) is 2.84. The van der Waals surface area contributed by atoms with Gasteiger partial charge in [0.25, 0.3) is 0 Å². The predicted octanol–water partition coefficient (Wildman–Crippen LogP) is 0.928. The quantitative estimate of drug-likeness (QED) is 0.627. The summed E-state index contributed by atoms with van der Waals surface area (Å²) in [4.78, 5) is 4.27. The number of aryl methyl sites for hydroxylation is 2. The second kappa shape index (κ2) is 2.20. The van der Waals surface area contributed by atoms with E-state index in [0.717, 1.165) is 17.0 Å². The van der Waals surface area contributed by atoms with Crippen LogP contribution in [0.1, 0.15) is 11.4 Å². The molecule has 0 saturated carbocycles. The molecular formula is C8H10N4. The van der Waals surface area contributed by atoms with Crippen molar-refractivity contribution in [1.82, 2.24) is 14.6 Å². The van der Waals surface area contributed by atoms with Gasteiger partial charge in [0, 0.05) is 11.9 Å². The van der Waals surface area contributed by atoms with E-state index in [1.165, 1.54) is 0 Å². The summed E-state index contributed by atoms with van der Waals surface area (Å²) in [6, 6.07) is 1.90. The minimum Gasteiger partial charge on any atom is -0.394 e. The summed E-state index contributed by atoms with van der Waals surface area (Å²) >= 11 is 0. The van der Waals surface area contributed by atoms with E-state index >= 15 is 0 Å². The van der Waals surface area contributed by atoms with Crippen molar-refractivity contribution in [1.29, 1.82) is 0 Å². The molecular weight excluding hydrogens is 152 g/mol. The summed E-state index contributed by atoms with van der Waals surface area (Å²) in [5.41, 5.74) is 8.95. The van der Waals surface area contributed by atoms with Crippen molar-refractivity contribution in [3.05, 3.63) is 23.7 Å². The van der Waals surface area contributed by atoms with Crippen LogP contribution in [0.5, 0.6) is 0 Å². The van der Waals surface area contributed by atoms with E-state index < -0.39 is 0 Å². The minimum atomic E-state index is 0.665. The van der Waals surface area contributed by atoms with Gasteiger partial charge in [-0.3, -0.25) is 0 Å². The lowest BCUT2D eigenvalue weighted by Gasteiger charge is -1.93. The second-order valence-electron chi connectivity index (χ2n) is 2.84. The van der Waals surface area contributed by atoms with Crippen LogP contribution in [0.4, 0.5) is 5.69 Å². The summed E-state index contributed by atoms with van der Waals surface area (Å²) in [5.74, 6) is 0. The molecule has 0 radical (unpaired) electrons. The van der Waals surface area contributed by atoms with Crippen LogP contribution < -0.4 is 5.73 Å². The molecule has 12 heavy (non-hydrogen) atoms. The molecule has 0 aliphatic heterocycles. The fourth-order valence-corrected chi connectivity index (χ4v) is 1.15. The molecule has 0 atom stereocenters. The van der Waals surface area contributed by atoms with E-state index in [0.29, 0.717) is 5.69 Å². The molecule has 0 unspecified atom stereocenters. The SMILES string of the molecule is Cc1ccn2nc(C)c(N)c2n1. The highest BCUT2D eigenvalue weighted by Gasteiger charge is 2.05. The highest BCUT2D eigenvalue weighted by molar-refractivity contribution is 5.66. The van der Waals surface area contributed by atoms with Gasteiger partial charge in [0.05, 0.1) is 5.69 Å². The number of nitrogen functional groups attached to an aromatic ring is 1. The van der Waals surface area contributed by atoms with Crippen molar-refractivity contribution in [3.63, 3.8) is 0 Å². The third kappa shape index (κ3) is 0.845. The highest BCUT2D eigenvalue weighted by Crippen LogP contribution is 2.14. The number of nitrogens with zero attached hydrogens (tertiary/aromatic N) is 3. The fraction of sp³-hybridized carbons (Fsp3) is 0.250. The predicted molar refractivity (Wildman–Crippen MR) is 46.9 cm³/mol. The van der Waals surface area contributed by atoms with Gasteiger partial charge in [0.1, 0.15) is 5.69 Å². The summed E-state index contributed by atoms with van der Waals surface area (Å²) in [5, 5.41) is 4.18. The van der Waals surface area contributed by atoms with Crippen LogP contribution in [-0.2, 0) is 0 Å². The molecule has 2 aromatic rings. The number of anilines is 1. The van der Waals surface area contributed by atoms with Crippen LogP contribution in [-0.4, -0.2) is 14.6 Å². The monoisotopic (exact) mass is 162 g/mol. The molecule has 2 N–H and O–H groups in total. The van der Waals surface area contributed by atoms with Crippen LogP contribution in [0.25, 0.3) is 5.65 Å². The van der Waals surface area contributed by atoms with Crippen molar-refractivity contribution in [2.75, 3.05) is 5.73 Å². The van der Waals surface area contributed by atoms with E-state index in [1.807, 2.05) is 26.1 Å². The van der Waals surface area contributed by atoms with E-state index in [4.69, 9.17) is 5.73 Å². The van der Waals surface area contributed by atoms with Crippen molar-refractivity contribution in [3.8, 4) is 0 Å². The van der Waals surface area contributed by atoms with E-state index in [-0.39, 0.29) is 0 Å². The summed E-state index contributed by atoms with van der Waals surface area (Å²) < 4.78 is 1.69. The first kappa shape index (κ1) is 7.09. The van der Waals surface area contributed by atoms with Crippen molar-refractivity contribution in [2.24, 2.45) is 0 Å². The van der Waals surface area contributed by atoms with Gasteiger partial charge in [-0.15, -0.1) is 0 Å². The van der Waals surface area contributed by atoms with E-state index in [1.54, 1.807) is 4.52 Å². The zero-order valence-electron chi connectivity index (χ0n) is 7.07. The van der Waals surface area contributed by atoms with Crippen LogP contribution in [0.3, 0.4) is 0 Å². The first-order chi connectivity index (χ1) is 5.68. The Labute approximate surface area is 70.0 Å². The number of rotatable bonds is 0. The zero-order valence-corrected chi connectivity index (χ0v) is 7.07. The number of fused-ring (bicyclic) bond motifs is 1. The Balaban J connectivity index is 2.88. The lowest BCUT2D eigenvalue weighted by molar-refractivity contribution is 0.909. The van der Waals surface area contributed by atoms with Gasteiger partial charge in [-0.2, -0.15) is 5.10 Å². The Morgan fingerprint density at radius 1 is 1.42 bits per heavy atom. The molecule has 2 heterocycles. The van der Waals surface area contributed by atoms with Crippen LogP contribution in [0, 0.1) is 13.8 Å². The number of aromatic nitrogens is 3. The van der Waals surface area contributed by atoms with Crippen molar-refractivity contribution >= 4 is 11.3 Å². The Morgan fingerprint density at radius 2 is 2.17 bits per heavy atom. The molecule has 0 fully saturated rings. The smallest absolute Gasteiger partial charge is 0.178 e. The normalized spacial score (nSPS) is 10.8.